The molecule has 1 unspecified atom stereocenters. The molecule has 0 nitrogen and oxygen atoms in total. The summed E-state index contributed by atoms with van der Waals surface area (Å²) >= 11 is 7.62. The van der Waals surface area contributed by atoms with E-state index in [4.69, 9.17) is 11.6 Å². The maximum atomic E-state index is 11.8. The van der Waals surface area contributed by atoms with E-state index in [0.717, 1.165) is 0 Å². The minimum absolute atomic E-state index is 0.143. The first-order valence-corrected chi connectivity index (χ1v) is 3.16. The molecule has 0 N–H and O–H groups in total. The Kier molecular flexibility index (Phi) is 4.31. The van der Waals surface area contributed by atoms with Crippen LogP contribution in [0, 0.1) is 0 Å². The molecule has 0 aliphatic heterocycles. The Morgan fingerprint density at radius 2 is 1.89 bits per heavy atom. The van der Waals surface area contributed by atoms with Crippen LogP contribution in [0.3, 0.4) is 0 Å². The van der Waals surface area contributed by atoms with Gasteiger partial charge in [-0.15, -0.1) is 0 Å². The molecule has 1 atom stereocenters. The summed E-state index contributed by atoms with van der Waals surface area (Å²) in [6.07, 6.45) is -4.69. The molecule has 0 aromatic rings. The van der Waals surface area contributed by atoms with Gasteiger partial charge < -0.3 is 0 Å². The van der Waals surface area contributed by atoms with E-state index in [-0.39, 0.29) is 3.94 Å². The largest absolute Gasteiger partial charge is 0.272 e. The van der Waals surface area contributed by atoms with Gasteiger partial charge in [-0.05, 0) is 22.0 Å². The van der Waals surface area contributed by atoms with Crippen LogP contribution in [-0.2, 0) is 0 Å². The predicted molar refractivity (Wildman–Crippen MR) is 33.8 cm³/mol. The molecule has 0 radical (unpaired) electrons. The van der Waals surface area contributed by atoms with Crippen molar-refractivity contribution in [3.63, 3.8) is 0 Å². The number of allylic oxidation sites excluding steroid dienone is 1. The monoisotopic (exact) mass is 222 g/mol. The summed E-state index contributed by atoms with van der Waals surface area (Å²) < 4.78 is 34.3. The topological polar surface area (TPSA) is 0 Å². The average Bonchev–Trinajstić information content (AvgIpc) is 1.63. The first-order valence-electron chi connectivity index (χ1n) is 1.99. The van der Waals surface area contributed by atoms with Crippen LogP contribution in [0.4, 0.5) is 13.2 Å². The molecule has 0 fully saturated rings. The molecule has 54 valence electrons. The third kappa shape index (κ3) is 4.78. The van der Waals surface area contributed by atoms with Crippen molar-refractivity contribution in [1.29, 1.82) is 0 Å². The molecule has 9 heavy (non-hydrogen) atoms. The molecule has 0 aromatic heterocycles. The zero-order chi connectivity index (χ0) is 7.44. The second-order valence-corrected chi connectivity index (χ2v) is 2.95. The normalized spacial score (nSPS) is 16.4. The maximum absolute atomic E-state index is 11.8. The van der Waals surface area contributed by atoms with E-state index < -0.39 is 12.6 Å². The van der Waals surface area contributed by atoms with E-state index in [0.29, 0.717) is 6.08 Å². The summed E-state index contributed by atoms with van der Waals surface area (Å²) in [5.41, 5.74) is 0. The van der Waals surface area contributed by atoms with Gasteiger partial charge in [0, 0.05) is 0 Å². The quantitative estimate of drug-likeness (QED) is 0.675. The fraction of sp³-hybridized carbons (Fsp3) is 0.500. The molecule has 0 rings (SSSR count). The van der Waals surface area contributed by atoms with E-state index in [9.17, 15) is 13.2 Å². The molecular weight excluding hydrogens is 220 g/mol. The summed E-state index contributed by atoms with van der Waals surface area (Å²) in [6.45, 7) is 0. The molecule has 0 bridgehead atoms. The van der Waals surface area contributed by atoms with E-state index >= 15 is 0 Å². The van der Waals surface area contributed by atoms with Crippen LogP contribution in [0.5, 0.6) is 0 Å². The fourth-order valence-corrected chi connectivity index (χ4v) is 0.566. The summed E-state index contributed by atoms with van der Waals surface area (Å²) in [4.78, 5) is 0. The SMILES string of the molecule is FC(F)C(F)C=C(Cl)Br. The molecule has 0 spiro atoms. The van der Waals surface area contributed by atoms with Crippen molar-refractivity contribution in [2.24, 2.45) is 0 Å². The third-order valence-electron chi connectivity index (χ3n) is 0.526. The highest BCUT2D eigenvalue weighted by atomic mass is 79.9. The highest BCUT2D eigenvalue weighted by molar-refractivity contribution is 9.12. The zero-order valence-electron chi connectivity index (χ0n) is 4.12. The van der Waals surface area contributed by atoms with Crippen LogP contribution in [-0.4, -0.2) is 12.6 Å². The Hall–Kier alpha value is 0.300. The van der Waals surface area contributed by atoms with Gasteiger partial charge in [0.2, 0.25) is 0 Å². The second-order valence-electron chi connectivity index (χ2n) is 1.24. The van der Waals surface area contributed by atoms with Gasteiger partial charge in [-0.3, -0.25) is 0 Å². The number of alkyl halides is 3. The highest BCUT2D eigenvalue weighted by Crippen LogP contribution is 2.15. The summed E-state index contributed by atoms with van der Waals surface area (Å²) in [7, 11) is 0. The van der Waals surface area contributed by atoms with Gasteiger partial charge in [0.05, 0.1) is 3.94 Å². The molecule has 0 amide bonds. The first kappa shape index (κ1) is 9.30. The van der Waals surface area contributed by atoms with Crippen LogP contribution in [0.25, 0.3) is 0 Å². The molecule has 0 saturated heterocycles. The average molecular weight is 223 g/mol. The predicted octanol–water partition coefficient (Wildman–Crippen LogP) is 3.06. The third-order valence-corrected chi connectivity index (χ3v) is 0.916. The lowest BCUT2D eigenvalue weighted by Gasteiger charge is -1.97. The van der Waals surface area contributed by atoms with Crippen LogP contribution in [0.15, 0.2) is 10.0 Å². The summed E-state index contributed by atoms with van der Waals surface area (Å²) in [6, 6.07) is 0. The molecule has 0 saturated carbocycles. The van der Waals surface area contributed by atoms with Crippen LogP contribution >= 0.6 is 27.5 Å². The number of rotatable bonds is 2. The van der Waals surface area contributed by atoms with E-state index in [1.165, 1.54) is 0 Å². The van der Waals surface area contributed by atoms with Crippen molar-refractivity contribution >= 4 is 27.5 Å². The smallest absolute Gasteiger partial charge is 0.237 e. The molecule has 0 aliphatic carbocycles. The van der Waals surface area contributed by atoms with Gasteiger partial charge >= 0.3 is 0 Å². The van der Waals surface area contributed by atoms with E-state index in [1.807, 2.05) is 0 Å². The van der Waals surface area contributed by atoms with Gasteiger partial charge in [0.1, 0.15) is 0 Å². The van der Waals surface area contributed by atoms with Crippen LogP contribution < -0.4 is 0 Å². The first-order chi connectivity index (χ1) is 4.04. The van der Waals surface area contributed by atoms with Crippen LogP contribution in [0.2, 0.25) is 0 Å². The van der Waals surface area contributed by atoms with Gasteiger partial charge in [-0.25, -0.2) is 13.2 Å². The second kappa shape index (κ2) is 4.17. The molecule has 0 aromatic carbocycles. The fourth-order valence-electron chi connectivity index (χ4n) is 0.193. The standard InChI is InChI=1S/C4H3BrClF3/c5-3(6)1-2(7)4(8)9/h1-2,4H. The Morgan fingerprint density at radius 3 is 2.00 bits per heavy atom. The Labute approximate surface area is 63.8 Å². The molecule has 5 heteroatoms. The van der Waals surface area contributed by atoms with Crippen molar-refractivity contribution in [2.45, 2.75) is 12.6 Å². The van der Waals surface area contributed by atoms with E-state index in [2.05, 4.69) is 15.9 Å². The summed E-state index contributed by atoms with van der Waals surface area (Å²) in [5.74, 6) is 0. The van der Waals surface area contributed by atoms with Crippen molar-refractivity contribution in [2.75, 3.05) is 0 Å². The van der Waals surface area contributed by atoms with Crippen molar-refractivity contribution < 1.29 is 13.2 Å². The minimum atomic E-state index is -3.00. The Balaban J connectivity index is 3.76. The van der Waals surface area contributed by atoms with Crippen LogP contribution in [0.1, 0.15) is 0 Å². The van der Waals surface area contributed by atoms with Gasteiger partial charge in [0.25, 0.3) is 6.43 Å². The van der Waals surface area contributed by atoms with Crippen molar-refractivity contribution in [3.05, 3.63) is 10.0 Å². The number of halogens is 5. The minimum Gasteiger partial charge on any atom is -0.237 e. The van der Waals surface area contributed by atoms with Crippen molar-refractivity contribution in [3.8, 4) is 0 Å². The van der Waals surface area contributed by atoms with Gasteiger partial charge in [-0.1, -0.05) is 11.6 Å². The highest BCUT2D eigenvalue weighted by Gasteiger charge is 2.15. The summed E-state index contributed by atoms with van der Waals surface area (Å²) in [5, 5.41) is 0. The lowest BCUT2D eigenvalue weighted by Crippen LogP contribution is -2.07. The lowest BCUT2D eigenvalue weighted by molar-refractivity contribution is 0.0750. The maximum Gasteiger partial charge on any atom is 0.272 e. The van der Waals surface area contributed by atoms with Crippen molar-refractivity contribution in [1.82, 2.24) is 0 Å². The van der Waals surface area contributed by atoms with Gasteiger partial charge in [-0.2, -0.15) is 0 Å². The zero-order valence-corrected chi connectivity index (χ0v) is 6.46. The Morgan fingerprint density at radius 1 is 1.44 bits per heavy atom. The molecule has 0 heterocycles. The Bertz CT molecular complexity index is 110. The molecular formula is C4H3BrClF3. The van der Waals surface area contributed by atoms with E-state index in [1.54, 1.807) is 0 Å². The lowest BCUT2D eigenvalue weighted by atomic mass is 10.4. The molecule has 0 aliphatic rings. The van der Waals surface area contributed by atoms with Gasteiger partial charge in [0.15, 0.2) is 6.17 Å². The number of hydrogen-bond acceptors (Lipinski definition) is 0. The number of hydrogen-bond donors (Lipinski definition) is 0.